The molecule has 122 valence electrons. The molecule has 0 fully saturated rings. The Morgan fingerprint density at radius 2 is 1.83 bits per heavy atom. The Balaban J connectivity index is 2.10. The monoisotopic (exact) mass is 333 g/mol. The third-order valence-corrected chi connectivity index (χ3v) is 5.93. The lowest BCUT2D eigenvalue weighted by atomic mass is 10.0. The van der Waals surface area contributed by atoms with Gasteiger partial charge in [0.2, 0.25) is 0 Å². The van der Waals surface area contributed by atoms with E-state index in [-0.39, 0.29) is 16.6 Å². The van der Waals surface area contributed by atoms with Crippen molar-refractivity contribution in [2.45, 2.75) is 17.7 Å². The van der Waals surface area contributed by atoms with Crippen molar-refractivity contribution in [3.63, 3.8) is 0 Å². The summed E-state index contributed by atoms with van der Waals surface area (Å²) in [4.78, 5) is 0.143. The lowest BCUT2D eigenvalue weighted by Crippen LogP contribution is -2.30. The lowest BCUT2D eigenvalue weighted by molar-refractivity contribution is 0.386. The zero-order valence-corrected chi connectivity index (χ0v) is 14.1. The van der Waals surface area contributed by atoms with E-state index < -0.39 is 10.0 Å². The fraction of sp³-hybridized carbons (Fsp3) is 0.294. The second-order valence-corrected chi connectivity index (χ2v) is 7.34. The molecule has 1 aliphatic heterocycles. The number of ether oxygens (including phenoxy) is 2. The molecule has 1 unspecified atom stereocenters. The van der Waals surface area contributed by atoms with Crippen molar-refractivity contribution in [1.29, 1.82) is 0 Å². The van der Waals surface area contributed by atoms with Crippen molar-refractivity contribution in [3.8, 4) is 11.5 Å². The standard InChI is InChI=1S/C17H19NO4S/c1-12-11-18(15-7-5-4-6-14(12)15)23(19,20)17-9-8-13(21-2)10-16(17)22-3/h4-10,12H,11H2,1-3H3. The first-order valence-electron chi connectivity index (χ1n) is 7.32. The summed E-state index contributed by atoms with van der Waals surface area (Å²) in [6.45, 7) is 2.45. The van der Waals surface area contributed by atoms with Crippen LogP contribution in [0.3, 0.4) is 0 Å². The molecular formula is C17H19NO4S. The van der Waals surface area contributed by atoms with Crippen LogP contribution in [-0.4, -0.2) is 29.2 Å². The molecule has 0 amide bonds. The highest BCUT2D eigenvalue weighted by atomic mass is 32.2. The van der Waals surface area contributed by atoms with Gasteiger partial charge in [0, 0.05) is 18.5 Å². The quantitative estimate of drug-likeness (QED) is 0.863. The van der Waals surface area contributed by atoms with Gasteiger partial charge in [0.25, 0.3) is 10.0 Å². The van der Waals surface area contributed by atoms with Crippen LogP contribution in [0.4, 0.5) is 5.69 Å². The van der Waals surface area contributed by atoms with E-state index in [0.29, 0.717) is 12.3 Å². The van der Waals surface area contributed by atoms with Gasteiger partial charge in [-0.2, -0.15) is 0 Å². The summed E-state index contributed by atoms with van der Waals surface area (Å²) < 4.78 is 38.1. The summed E-state index contributed by atoms with van der Waals surface area (Å²) in [6, 6.07) is 12.3. The highest BCUT2D eigenvalue weighted by Crippen LogP contribution is 2.41. The molecule has 3 rings (SSSR count). The highest BCUT2D eigenvalue weighted by Gasteiger charge is 2.36. The van der Waals surface area contributed by atoms with Crippen molar-refractivity contribution in [2.75, 3.05) is 25.1 Å². The van der Waals surface area contributed by atoms with Crippen molar-refractivity contribution in [3.05, 3.63) is 48.0 Å². The fourth-order valence-electron chi connectivity index (χ4n) is 2.91. The number of sulfonamides is 1. The van der Waals surface area contributed by atoms with E-state index in [4.69, 9.17) is 9.47 Å². The molecule has 1 heterocycles. The minimum atomic E-state index is -3.70. The number of benzene rings is 2. The first-order valence-corrected chi connectivity index (χ1v) is 8.76. The summed E-state index contributed by atoms with van der Waals surface area (Å²) in [7, 11) is -0.718. The van der Waals surface area contributed by atoms with Crippen molar-refractivity contribution >= 4 is 15.7 Å². The van der Waals surface area contributed by atoms with Crippen LogP contribution in [0.25, 0.3) is 0 Å². The Kier molecular flexibility index (Phi) is 3.93. The third-order valence-electron chi connectivity index (χ3n) is 4.11. The van der Waals surface area contributed by atoms with Gasteiger partial charge in [0.05, 0.1) is 19.9 Å². The molecule has 0 radical (unpaired) electrons. The number of rotatable bonds is 4. The molecule has 0 aromatic heterocycles. The number of hydrogen-bond acceptors (Lipinski definition) is 4. The Morgan fingerprint density at radius 3 is 2.52 bits per heavy atom. The molecule has 0 bridgehead atoms. The second-order valence-electron chi connectivity index (χ2n) is 5.51. The smallest absolute Gasteiger partial charge is 0.268 e. The van der Waals surface area contributed by atoms with Gasteiger partial charge < -0.3 is 9.47 Å². The summed E-state index contributed by atoms with van der Waals surface area (Å²) in [6.07, 6.45) is 0. The maximum atomic E-state index is 13.1. The number of hydrogen-bond donors (Lipinski definition) is 0. The number of para-hydroxylation sites is 1. The first-order chi connectivity index (χ1) is 11.0. The number of nitrogens with zero attached hydrogens (tertiary/aromatic N) is 1. The molecule has 2 aromatic rings. The first kappa shape index (κ1) is 15.7. The molecule has 0 saturated carbocycles. The van der Waals surface area contributed by atoms with Gasteiger partial charge in [-0.15, -0.1) is 0 Å². The van der Waals surface area contributed by atoms with Crippen LogP contribution in [0, 0.1) is 0 Å². The molecule has 1 aliphatic rings. The number of anilines is 1. The van der Waals surface area contributed by atoms with Gasteiger partial charge in [0.1, 0.15) is 16.4 Å². The van der Waals surface area contributed by atoms with Crippen LogP contribution in [-0.2, 0) is 10.0 Å². The predicted octanol–water partition coefficient (Wildman–Crippen LogP) is 3.02. The van der Waals surface area contributed by atoms with Crippen molar-refractivity contribution < 1.29 is 17.9 Å². The summed E-state index contributed by atoms with van der Waals surface area (Å²) in [5, 5.41) is 0. The van der Waals surface area contributed by atoms with Gasteiger partial charge in [-0.25, -0.2) is 8.42 Å². The molecule has 6 heteroatoms. The molecule has 0 spiro atoms. The van der Waals surface area contributed by atoms with Crippen LogP contribution in [0.2, 0.25) is 0 Å². The van der Waals surface area contributed by atoms with Crippen LogP contribution in [0.1, 0.15) is 18.4 Å². The normalized spacial score (nSPS) is 17.0. The predicted molar refractivity (Wildman–Crippen MR) is 88.9 cm³/mol. The van der Waals surface area contributed by atoms with E-state index in [2.05, 4.69) is 0 Å². The molecule has 0 saturated heterocycles. The van der Waals surface area contributed by atoms with Crippen LogP contribution < -0.4 is 13.8 Å². The van der Waals surface area contributed by atoms with Crippen LogP contribution >= 0.6 is 0 Å². The number of fused-ring (bicyclic) bond motifs is 1. The third kappa shape index (κ3) is 2.53. The van der Waals surface area contributed by atoms with E-state index in [1.165, 1.54) is 24.6 Å². The summed E-state index contributed by atoms with van der Waals surface area (Å²) in [5.74, 6) is 0.989. The maximum Gasteiger partial charge on any atom is 0.268 e. The lowest BCUT2D eigenvalue weighted by Gasteiger charge is -2.21. The summed E-state index contributed by atoms with van der Waals surface area (Å²) >= 11 is 0. The molecular weight excluding hydrogens is 314 g/mol. The van der Waals surface area contributed by atoms with Crippen molar-refractivity contribution in [2.24, 2.45) is 0 Å². The topological polar surface area (TPSA) is 55.8 Å². The van der Waals surface area contributed by atoms with Gasteiger partial charge in [0.15, 0.2) is 0 Å². The Hall–Kier alpha value is -2.21. The van der Waals surface area contributed by atoms with E-state index in [1.54, 1.807) is 12.1 Å². The largest absolute Gasteiger partial charge is 0.497 e. The maximum absolute atomic E-state index is 13.1. The zero-order chi connectivity index (χ0) is 16.6. The number of methoxy groups -OCH3 is 2. The van der Waals surface area contributed by atoms with Crippen LogP contribution in [0.15, 0.2) is 47.4 Å². The van der Waals surface area contributed by atoms with E-state index in [1.807, 2.05) is 31.2 Å². The van der Waals surface area contributed by atoms with Crippen LogP contribution in [0.5, 0.6) is 11.5 Å². The van der Waals surface area contributed by atoms with E-state index >= 15 is 0 Å². The average molecular weight is 333 g/mol. The highest BCUT2D eigenvalue weighted by molar-refractivity contribution is 7.93. The minimum Gasteiger partial charge on any atom is -0.497 e. The molecule has 23 heavy (non-hydrogen) atoms. The van der Waals surface area contributed by atoms with Crippen molar-refractivity contribution in [1.82, 2.24) is 0 Å². The Labute approximate surface area is 136 Å². The zero-order valence-electron chi connectivity index (χ0n) is 13.3. The van der Waals surface area contributed by atoms with E-state index in [9.17, 15) is 8.42 Å². The fourth-order valence-corrected chi connectivity index (χ4v) is 4.63. The Bertz CT molecular complexity index is 832. The van der Waals surface area contributed by atoms with Gasteiger partial charge in [-0.3, -0.25) is 4.31 Å². The molecule has 0 aliphatic carbocycles. The minimum absolute atomic E-state index is 0.143. The molecule has 0 N–H and O–H groups in total. The van der Waals surface area contributed by atoms with Gasteiger partial charge in [-0.05, 0) is 23.8 Å². The Morgan fingerprint density at radius 1 is 1.09 bits per heavy atom. The van der Waals surface area contributed by atoms with Gasteiger partial charge >= 0.3 is 0 Å². The van der Waals surface area contributed by atoms with Gasteiger partial charge in [-0.1, -0.05) is 25.1 Å². The SMILES string of the molecule is COc1ccc(S(=O)(=O)N2CC(C)c3ccccc32)c(OC)c1. The second kappa shape index (κ2) is 5.77. The molecule has 2 aromatic carbocycles. The summed E-state index contributed by atoms with van der Waals surface area (Å²) in [5.41, 5.74) is 1.78. The molecule has 1 atom stereocenters. The average Bonchev–Trinajstić information content (AvgIpc) is 2.92. The molecule has 5 nitrogen and oxygen atoms in total. The van der Waals surface area contributed by atoms with E-state index in [0.717, 1.165) is 11.3 Å².